The highest BCUT2D eigenvalue weighted by Gasteiger charge is 2.55. The van der Waals surface area contributed by atoms with Gasteiger partial charge in [-0.15, -0.1) is 0 Å². The van der Waals surface area contributed by atoms with E-state index in [9.17, 15) is 9.59 Å². The smallest absolute Gasteiger partial charge is 0.251 e. The number of rotatable bonds is 4. The van der Waals surface area contributed by atoms with Crippen molar-refractivity contribution in [2.45, 2.75) is 38.8 Å². The van der Waals surface area contributed by atoms with Crippen molar-refractivity contribution in [3.05, 3.63) is 53.9 Å². The van der Waals surface area contributed by atoms with Crippen LogP contribution >= 0.6 is 0 Å². The van der Waals surface area contributed by atoms with E-state index >= 15 is 0 Å². The van der Waals surface area contributed by atoms with Crippen LogP contribution in [0.5, 0.6) is 0 Å². The lowest BCUT2D eigenvalue weighted by Crippen LogP contribution is -2.43. The summed E-state index contributed by atoms with van der Waals surface area (Å²) in [4.78, 5) is 26.7. The summed E-state index contributed by atoms with van der Waals surface area (Å²) in [6.07, 6.45) is 6.58. The van der Waals surface area contributed by atoms with Crippen LogP contribution in [-0.4, -0.2) is 45.6 Å². The van der Waals surface area contributed by atoms with Gasteiger partial charge in [0.1, 0.15) is 6.54 Å². The van der Waals surface area contributed by atoms with E-state index in [1.165, 1.54) is 0 Å². The Bertz CT molecular complexity index is 806. The first kappa shape index (κ1) is 16.8. The molecule has 1 aliphatic carbocycles. The van der Waals surface area contributed by atoms with Gasteiger partial charge in [0.2, 0.25) is 5.91 Å². The Balaban J connectivity index is 1.27. The van der Waals surface area contributed by atoms with Crippen LogP contribution in [0.2, 0.25) is 0 Å². The molecule has 6 nitrogen and oxygen atoms in total. The first-order valence-electron chi connectivity index (χ1n) is 9.18. The van der Waals surface area contributed by atoms with Crippen molar-refractivity contribution in [3.8, 4) is 0 Å². The highest BCUT2D eigenvalue weighted by Crippen LogP contribution is 2.53. The Labute approximate surface area is 153 Å². The highest BCUT2D eigenvalue weighted by molar-refractivity contribution is 5.94. The van der Waals surface area contributed by atoms with E-state index in [0.29, 0.717) is 12.1 Å². The molecule has 2 aromatic rings. The van der Waals surface area contributed by atoms with Crippen LogP contribution in [0.25, 0.3) is 0 Å². The maximum atomic E-state index is 12.4. The molecule has 6 heteroatoms. The standard InChI is InChI=1S/C20H24N4O2/c1-15-12-21-24(13-15)14-18(25)23-9-7-20(8-10-23)11-17(20)22-19(26)16-5-3-2-4-6-16/h2-6,12-13,17H,7-11,14H2,1H3,(H,22,26). The van der Waals surface area contributed by atoms with Gasteiger partial charge in [0, 0.05) is 30.9 Å². The molecule has 4 rings (SSSR count). The average Bonchev–Trinajstić information content (AvgIpc) is 3.12. The molecule has 1 spiro atoms. The van der Waals surface area contributed by atoms with Gasteiger partial charge in [-0.3, -0.25) is 14.3 Å². The van der Waals surface area contributed by atoms with Crippen LogP contribution in [0, 0.1) is 12.3 Å². The Morgan fingerprint density at radius 2 is 1.96 bits per heavy atom. The fourth-order valence-electron chi connectivity index (χ4n) is 3.93. The number of hydrogen-bond acceptors (Lipinski definition) is 3. The van der Waals surface area contributed by atoms with E-state index < -0.39 is 0 Å². The molecule has 1 atom stereocenters. The number of nitrogens with zero attached hydrogens (tertiary/aromatic N) is 3. The molecule has 136 valence electrons. The molecule has 26 heavy (non-hydrogen) atoms. The first-order chi connectivity index (χ1) is 12.6. The summed E-state index contributed by atoms with van der Waals surface area (Å²) >= 11 is 0. The Morgan fingerprint density at radius 3 is 2.62 bits per heavy atom. The topological polar surface area (TPSA) is 67.2 Å². The second-order valence-electron chi connectivity index (χ2n) is 7.55. The Hall–Kier alpha value is -2.63. The first-order valence-corrected chi connectivity index (χ1v) is 9.18. The number of piperidine rings is 1. The molecular formula is C20H24N4O2. The van der Waals surface area contributed by atoms with Gasteiger partial charge >= 0.3 is 0 Å². The van der Waals surface area contributed by atoms with Gasteiger partial charge in [-0.05, 0) is 49.3 Å². The van der Waals surface area contributed by atoms with Gasteiger partial charge in [0.15, 0.2) is 0 Å². The number of nitrogens with one attached hydrogen (secondary N) is 1. The molecule has 2 aliphatic rings. The van der Waals surface area contributed by atoms with Gasteiger partial charge in [-0.2, -0.15) is 5.10 Å². The zero-order chi connectivity index (χ0) is 18.1. The van der Waals surface area contributed by atoms with Crippen molar-refractivity contribution in [1.29, 1.82) is 0 Å². The highest BCUT2D eigenvalue weighted by atomic mass is 16.2. The van der Waals surface area contributed by atoms with Crippen molar-refractivity contribution >= 4 is 11.8 Å². The van der Waals surface area contributed by atoms with Crippen LogP contribution in [0.1, 0.15) is 35.2 Å². The van der Waals surface area contributed by atoms with Crippen molar-refractivity contribution in [2.24, 2.45) is 5.41 Å². The quantitative estimate of drug-likeness (QED) is 0.915. The number of hydrogen-bond donors (Lipinski definition) is 1. The SMILES string of the molecule is Cc1cnn(CC(=O)N2CCC3(CC2)CC3NC(=O)c2ccccc2)c1. The predicted octanol–water partition coefficient (Wildman–Crippen LogP) is 2.00. The van der Waals surface area contributed by atoms with Crippen LogP contribution in [0.15, 0.2) is 42.7 Å². The summed E-state index contributed by atoms with van der Waals surface area (Å²) in [7, 11) is 0. The lowest BCUT2D eigenvalue weighted by atomic mass is 9.92. The molecular weight excluding hydrogens is 328 g/mol. The van der Waals surface area contributed by atoms with Crippen molar-refractivity contribution < 1.29 is 9.59 Å². The largest absolute Gasteiger partial charge is 0.349 e. The third-order valence-electron chi connectivity index (χ3n) is 5.70. The number of likely N-dealkylation sites (tertiary alicyclic amines) is 1. The van der Waals surface area contributed by atoms with Crippen LogP contribution in [0.3, 0.4) is 0 Å². The van der Waals surface area contributed by atoms with Crippen LogP contribution < -0.4 is 5.32 Å². The van der Waals surface area contributed by atoms with Crippen LogP contribution in [0.4, 0.5) is 0 Å². The molecule has 1 saturated carbocycles. The van der Waals surface area contributed by atoms with Gasteiger partial charge in [-0.25, -0.2) is 0 Å². The van der Waals surface area contributed by atoms with Gasteiger partial charge < -0.3 is 10.2 Å². The van der Waals surface area contributed by atoms with E-state index in [2.05, 4.69) is 10.4 Å². The van der Waals surface area contributed by atoms with E-state index in [-0.39, 0.29) is 23.3 Å². The van der Waals surface area contributed by atoms with Crippen molar-refractivity contribution in [2.75, 3.05) is 13.1 Å². The molecule has 2 heterocycles. The minimum Gasteiger partial charge on any atom is -0.349 e. The molecule has 1 aromatic heterocycles. The monoisotopic (exact) mass is 352 g/mol. The van der Waals surface area contributed by atoms with E-state index in [0.717, 1.165) is 37.9 Å². The lowest BCUT2D eigenvalue weighted by Gasteiger charge is -2.33. The zero-order valence-corrected chi connectivity index (χ0v) is 15.0. The molecule has 1 unspecified atom stereocenters. The second-order valence-corrected chi connectivity index (χ2v) is 7.55. The summed E-state index contributed by atoms with van der Waals surface area (Å²) < 4.78 is 1.70. The summed E-state index contributed by atoms with van der Waals surface area (Å²) in [6.45, 7) is 3.79. The van der Waals surface area contributed by atoms with E-state index in [4.69, 9.17) is 0 Å². The average molecular weight is 352 g/mol. The minimum absolute atomic E-state index is 0.0000305. The van der Waals surface area contributed by atoms with Gasteiger partial charge in [0.05, 0.1) is 6.20 Å². The Morgan fingerprint density at radius 1 is 1.23 bits per heavy atom. The Kier molecular flexibility index (Phi) is 4.26. The maximum absolute atomic E-state index is 12.4. The molecule has 2 fully saturated rings. The second kappa shape index (κ2) is 6.59. The molecule has 0 radical (unpaired) electrons. The van der Waals surface area contributed by atoms with E-state index in [1.54, 1.807) is 10.9 Å². The fraction of sp³-hybridized carbons (Fsp3) is 0.450. The maximum Gasteiger partial charge on any atom is 0.251 e. The van der Waals surface area contributed by atoms with Crippen molar-refractivity contribution in [3.63, 3.8) is 0 Å². The normalized spacial score (nSPS) is 20.8. The summed E-state index contributed by atoms with van der Waals surface area (Å²) in [5.74, 6) is 0.119. The number of benzene rings is 1. The van der Waals surface area contributed by atoms with Crippen LogP contribution in [-0.2, 0) is 11.3 Å². The number of amides is 2. The number of aromatic nitrogens is 2. The van der Waals surface area contributed by atoms with E-state index in [1.807, 2.05) is 48.4 Å². The number of carbonyl (C=O) groups excluding carboxylic acids is 2. The molecule has 1 aliphatic heterocycles. The predicted molar refractivity (Wildman–Crippen MR) is 97.5 cm³/mol. The molecule has 2 amide bonds. The van der Waals surface area contributed by atoms with Crippen molar-refractivity contribution in [1.82, 2.24) is 20.0 Å². The molecule has 0 bridgehead atoms. The summed E-state index contributed by atoms with van der Waals surface area (Å²) in [6, 6.07) is 9.57. The number of carbonyl (C=O) groups is 2. The molecule has 1 aromatic carbocycles. The third kappa shape index (κ3) is 3.36. The third-order valence-corrected chi connectivity index (χ3v) is 5.70. The number of aryl methyl sites for hydroxylation is 1. The summed E-state index contributed by atoms with van der Waals surface area (Å²) in [5, 5.41) is 7.35. The molecule has 1 N–H and O–H groups in total. The van der Waals surface area contributed by atoms with Gasteiger partial charge in [-0.1, -0.05) is 18.2 Å². The molecule has 1 saturated heterocycles. The summed E-state index contributed by atoms with van der Waals surface area (Å²) in [5.41, 5.74) is 1.95. The lowest BCUT2D eigenvalue weighted by molar-refractivity contribution is -0.133. The zero-order valence-electron chi connectivity index (χ0n) is 15.0. The minimum atomic E-state index is 0.0000305. The fourth-order valence-corrected chi connectivity index (χ4v) is 3.93. The van der Waals surface area contributed by atoms with Gasteiger partial charge in [0.25, 0.3) is 5.91 Å².